The van der Waals surface area contributed by atoms with Crippen LogP contribution in [0.4, 0.5) is 0 Å². The third kappa shape index (κ3) is 7.30. The molecule has 6 nitrogen and oxygen atoms in total. The van der Waals surface area contributed by atoms with Crippen molar-refractivity contribution in [3.63, 3.8) is 0 Å². The normalized spacial score (nSPS) is 9.48. The van der Waals surface area contributed by atoms with Crippen molar-refractivity contribution in [3.8, 4) is 0 Å². The summed E-state index contributed by atoms with van der Waals surface area (Å²) in [5.41, 5.74) is 0.857. The van der Waals surface area contributed by atoms with E-state index in [2.05, 4.69) is 0 Å². The van der Waals surface area contributed by atoms with E-state index in [4.69, 9.17) is 14.9 Å². The lowest BCUT2D eigenvalue weighted by Gasteiger charge is -2.07. The average Bonchev–Trinajstić information content (AvgIpc) is 2.61. The summed E-state index contributed by atoms with van der Waals surface area (Å²) < 4.78 is 5.10. The maximum absolute atomic E-state index is 11.9. The quantitative estimate of drug-likeness (QED) is 0.776. The van der Waals surface area contributed by atoms with Crippen molar-refractivity contribution in [3.05, 3.63) is 71.3 Å². The number of hydrogen-bond donors (Lipinski definition) is 2. The van der Waals surface area contributed by atoms with Crippen LogP contribution in [0, 0.1) is 0 Å². The number of carbonyl (C=O) groups is 3. The number of hydrogen-bond acceptors (Lipinski definition) is 4. The van der Waals surface area contributed by atoms with Gasteiger partial charge in [-0.1, -0.05) is 49.4 Å². The molecular formula is C19H20O6. The van der Waals surface area contributed by atoms with Crippen molar-refractivity contribution >= 4 is 17.9 Å². The van der Waals surface area contributed by atoms with Crippen LogP contribution < -0.4 is 0 Å². The maximum Gasteiger partial charge on any atom is 0.339 e. The van der Waals surface area contributed by atoms with E-state index < -0.39 is 17.9 Å². The van der Waals surface area contributed by atoms with E-state index in [9.17, 15) is 14.4 Å². The number of aromatic carboxylic acids is 1. The molecule has 0 radical (unpaired) electrons. The minimum atomic E-state index is -1.15. The molecule has 0 aliphatic heterocycles. The molecule has 0 aliphatic rings. The molecule has 0 unspecified atom stereocenters. The van der Waals surface area contributed by atoms with E-state index in [-0.39, 0.29) is 17.7 Å². The number of rotatable bonds is 6. The van der Waals surface area contributed by atoms with Crippen LogP contribution in [-0.2, 0) is 16.1 Å². The van der Waals surface area contributed by atoms with Crippen LogP contribution >= 0.6 is 0 Å². The van der Waals surface area contributed by atoms with Crippen LogP contribution in [0.15, 0.2) is 54.6 Å². The molecule has 0 atom stereocenters. The second-order valence-corrected chi connectivity index (χ2v) is 5.06. The maximum atomic E-state index is 11.9. The Morgan fingerprint density at radius 3 is 1.92 bits per heavy atom. The summed E-state index contributed by atoms with van der Waals surface area (Å²) in [6, 6.07) is 15.2. The van der Waals surface area contributed by atoms with Crippen molar-refractivity contribution in [2.24, 2.45) is 0 Å². The highest BCUT2D eigenvalue weighted by atomic mass is 16.5. The van der Waals surface area contributed by atoms with Gasteiger partial charge in [-0.15, -0.1) is 0 Å². The van der Waals surface area contributed by atoms with E-state index >= 15 is 0 Å². The number of esters is 1. The lowest BCUT2D eigenvalue weighted by atomic mass is 10.1. The molecule has 6 heteroatoms. The lowest BCUT2D eigenvalue weighted by Crippen LogP contribution is -2.11. The molecule has 25 heavy (non-hydrogen) atoms. The summed E-state index contributed by atoms with van der Waals surface area (Å²) in [4.78, 5) is 32.4. The Hall–Kier alpha value is -3.15. The molecule has 0 heterocycles. The molecule has 2 aromatic carbocycles. The zero-order valence-electron chi connectivity index (χ0n) is 13.8. The number of aliphatic carboxylic acids is 1. The Morgan fingerprint density at radius 1 is 0.880 bits per heavy atom. The van der Waals surface area contributed by atoms with Gasteiger partial charge in [0.2, 0.25) is 0 Å². The van der Waals surface area contributed by atoms with Crippen molar-refractivity contribution in [2.75, 3.05) is 0 Å². The van der Waals surface area contributed by atoms with Gasteiger partial charge in [0.05, 0.1) is 11.1 Å². The van der Waals surface area contributed by atoms with Gasteiger partial charge < -0.3 is 14.9 Å². The van der Waals surface area contributed by atoms with Gasteiger partial charge in [-0.25, -0.2) is 9.59 Å². The van der Waals surface area contributed by atoms with Gasteiger partial charge >= 0.3 is 17.9 Å². The number of carboxylic acid groups (broad SMARTS) is 2. The minimum Gasteiger partial charge on any atom is -0.481 e. The fraction of sp³-hybridized carbons (Fsp3) is 0.211. The highest BCUT2D eigenvalue weighted by Gasteiger charge is 2.16. The Kier molecular flexibility index (Phi) is 8.43. The first-order chi connectivity index (χ1) is 12.0. The SMILES string of the molecule is CCCC(=O)O.O=C(O)c1ccccc1C(=O)OCc1ccccc1. The summed E-state index contributed by atoms with van der Waals surface area (Å²) in [6.07, 6.45) is 1.02. The van der Waals surface area contributed by atoms with Crippen LogP contribution in [0.5, 0.6) is 0 Å². The predicted molar refractivity (Wildman–Crippen MR) is 91.5 cm³/mol. The highest BCUT2D eigenvalue weighted by Crippen LogP contribution is 2.11. The first-order valence-corrected chi connectivity index (χ1v) is 7.70. The number of benzene rings is 2. The van der Waals surface area contributed by atoms with Gasteiger partial charge in [0.25, 0.3) is 0 Å². The Bertz CT molecular complexity index is 709. The fourth-order valence-corrected chi connectivity index (χ4v) is 1.86. The van der Waals surface area contributed by atoms with Crippen LogP contribution in [0.2, 0.25) is 0 Å². The van der Waals surface area contributed by atoms with E-state index in [1.54, 1.807) is 12.1 Å². The Morgan fingerprint density at radius 2 is 1.44 bits per heavy atom. The van der Waals surface area contributed by atoms with Crippen LogP contribution in [-0.4, -0.2) is 28.1 Å². The summed E-state index contributed by atoms with van der Waals surface area (Å²) >= 11 is 0. The van der Waals surface area contributed by atoms with Crippen molar-refractivity contribution < 1.29 is 29.3 Å². The average molecular weight is 344 g/mol. The van der Waals surface area contributed by atoms with E-state index in [1.165, 1.54) is 12.1 Å². The Labute approximate surface area is 145 Å². The molecule has 0 saturated heterocycles. The predicted octanol–water partition coefficient (Wildman–Crippen LogP) is 3.61. The standard InChI is InChI=1S/C15H12O4.C4H8O2/c16-14(17)12-8-4-5-9-13(12)15(18)19-10-11-6-2-1-3-7-11;1-2-3-4(5)6/h1-9H,10H2,(H,16,17);2-3H2,1H3,(H,5,6). The van der Waals surface area contributed by atoms with Crippen molar-refractivity contribution in [1.82, 2.24) is 0 Å². The molecule has 0 amide bonds. The molecule has 0 aliphatic carbocycles. The zero-order chi connectivity index (χ0) is 18.7. The first kappa shape index (κ1) is 19.9. The molecule has 132 valence electrons. The molecule has 0 aromatic heterocycles. The second kappa shape index (κ2) is 10.6. The van der Waals surface area contributed by atoms with Crippen molar-refractivity contribution in [1.29, 1.82) is 0 Å². The highest BCUT2D eigenvalue weighted by molar-refractivity contribution is 6.02. The topological polar surface area (TPSA) is 101 Å². The van der Waals surface area contributed by atoms with Crippen LogP contribution in [0.1, 0.15) is 46.0 Å². The summed E-state index contributed by atoms with van der Waals surface area (Å²) in [5.74, 6) is -2.49. The third-order valence-electron chi connectivity index (χ3n) is 3.05. The molecule has 0 fully saturated rings. The zero-order valence-corrected chi connectivity index (χ0v) is 13.8. The largest absolute Gasteiger partial charge is 0.481 e. The molecular weight excluding hydrogens is 324 g/mol. The van der Waals surface area contributed by atoms with Gasteiger partial charge in [0, 0.05) is 6.42 Å². The second-order valence-electron chi connectivity index (χ2n) is 5.06. The smallest absolute Gasteiger partial charge is 0.339 e. The fourth-order valence-electron chi connectivity index (χ4n) is 1.86. The summed E-state index contributed by atoms with van der Waals surface area (Å²) in [7, 11) is 0. The van der Waals surface area contributed by atoms with E-state index in [0.717, 1.165) is 12.0 Å². The van der Waals surface area contributed by atoms with Gasteiger partial charge in [-0.05, 0) is 24.1 Å². The molecule has 0 saturated carbocycles. The molecule has 2 rings (SSSR count). The minimum absolute atomic E-state index is 0.0550. The lowest BCUT2D eigenvalue weighted by molar-refractivity contribution is -0.137. The summed E-state index contributed by atoms with van der Waals surface area (Å²) in [5, 5.41) is 16.9. The van der Waals surface area contributed by atoms with Gasteiger partial charge in [-0.3, -0.25) is 4.79 Å². The molecule has 0 spiro atoms. The van der Waals surface area contributed by atoms with Gasteiger partial charge in [0.1, 0.15) is 6.61 Å². The molecule has 2 N–H and O–H groups in total. The van der Waals surface area contributed by atoms with Crippen LogP contribution in [0.25, 0.3) is 0 Å². The third-order valence-corrected chi connectivity index (χ3v) is 3.05. The van der Waals surface area contributed by atoms with E-state index in [1.807, 2.05) is 37.3 Å². The van der Waals surface area contributed by atoms with Crippen LogP contribution in [0.3, 0.4) is 0 Å². The summed E-state index contributed by atoms with van der Waals surface area (Å²) in [6.45, 7) is 1.96. The molecule has 0 bridgehead atoms. The van der Waals surface area contributed by atoms with Crippen molar-refractivity contribution in [2.45, 2.75) is 26.4 Å². The van der Waals surface area contributed by atoms with Gasteiger partial charge in [-0.2, -0.15) is 0 Å². The van der Waals surface area contributed by atoms with E-state index in [0.29, 0.717) is 6.42 Å². The molecule has 2 aromatic rings. The number of carbonyl (C=O) groups excluding carboxylic acids is 1. The Balaban J connectivity index is 0.000000450. The van der Waals surface area contributed by atoms with Gasteiger partial charge in [0.15, 0.2) is 0 Å². The monoisotopic (exact) mass is 344 g/mol. The number of carboxylic acids is 2. The first-order valence-electron chi connectivity index (χ1n) is 7.70. The number of ether oxygens (including phenoxy) is 1.